The predicted molar refractivity (Wildman–Crippen MR) is 114 cm³/mol. The highest BCUT2D eigenvalue weighted by molar-refractivity contribution is 5.80. The number of non-ortho nitro benzene ring substituents is 1. The van der Waals surface area contributed by atoms with Crippen molar-refractivity contribution in [3.05, 3.63) is 107 Å². The van der Waals surface area contributed by atoms with Crippen LogP contribution in [0.15, 0.2) is 100 Å². The fourth-order valence-corrected chi connectivity index (χ4v) is 2.78. The number of hydrogen-bond acceptors (Lipinski definition) is 5. The summed E-state index contributed by atoms with van der Waals surface area (Å²) in [6.07, 6.45) is 1.65. The molecule has 0 aliphatic rings. The maximum Gasteiger partial charge on any atom is 0.269 e. The summed E-state index contributed by atoms with van der Waals surface area (Å²) in [6.45, 7) is 0. The van der Waals surface area contributed by atoms with Gasteiger partial charge in [0.05, 0.1) is 16.8 Å². The summed E-state index contributed by atoms with van der Waals surface area (Å²) in [5.74, 6) is 1.23. The van der Waals surface area contributed by atoms with Gasteiger partial charge in [0.2, 0.25) is 0 Å². The van der Waals surface area contributed by atoms with E-state index in [0.29, 0.717) is 11.5 Å². The van der Waals surface area contributed by atoms with Crippen LogP contribution in [0.1, 0.15) is 5.76 Å². The zero-order valence-corrected chi connectivity index (χ0v) is 15.4. The predicted octanol–water partition coefficient (Wildman–Crippen LogP) is 6.35. The SMILES string of the molecule is O=[N+]([O-])c1ccc(-c2ccc(C=Nc3ccc(Nc4ccccc4)cc3)o2)cc1. The number of para-hydroxylation sites is 1. The molecule has 4 rings (SSSR count). The van der Waals surface area contributed by atoms with Gasteiger partial charge >= 0.3 is 0 Å². The second-order valence-corrected chi connectivity index (χ2v) is 6.30. The molecule has 0 aliphatic heterocycles. The standard InChI is InChI=1S/C23H17N3O3/c27-26(28)21-12-6-17(7-13-21)23-15-14-22(29-23)16-24-18-8-10-20(11-9-18)25-19-4-2-1-3-5-19/h1-16,25H. The Balaban J connectivity index is 1.42. The number of furan rings is 1. The van der Waals surface area contributed by atoms with Crippen molar-refractivity contribution < 1.29 is 9.34 Å². The van der Waals surface area contributed by atoms with Gasteiger partial charge in [0.25, 0.3) is 5.69 Å². The number of anilines is 2. The maximum absolute atomic E-state index is 10.7. The third kappa shape index (κ3) is 4.56. The second-order valence-electron chi connectivity index (χ2n) is 6.30. The first-order valence-electron chi connectivity index (χ1n) is 8.98. The zero-order valence-electron chi connectivity index (χ0n) is 15.4. The van der Waals surface area contributed by atoms with Gasteiger partial charge in [-0.05, 0) is 60.7 Å². The van der Waals surface area contributed by atoms with Gasteiger partial charge < -0.3 is 9.73 Å². The molecule has 1 N–H and O–H groups in total. The summed E-state index contributed by atoms with van der Waals surface area (Å²) in [5.41, 5.74) is 3.63. The van der Waals surface area contributed by atoms with Gasteiger partial charge in [-0.1, -0.05) is 18.2 Å². The first kappa shape index (κ1) is 18.2. The van der Waals surface area contributed by atoms with E-state index in [4.69, 9.17) is 4.42 Å². The number of nitrogens with one attached hydrogen (secondary N) is 1. The molecule has 0 saturated heterocycles. The Kier molecular flexibility index (Phi) is 5.16. The summed E-state index contributed by atoms with van der Waals surface area (Å²) in [5, 5.41) is 14.1. The minimum Gasteiger partial charge on any atom is -0.455 e. The largest absolute Gasteiger partial charge is 0.455 e. The van der Waals surface area contributed by atoms with Gasteiger partial charge in [0, 0.05) is 29.1 Å². The van der Waals surface area contributed by atoms with Gasteiger partial charge in [0.15, 0.2) is 0 Å². The van der Waals surface area contributed by atoms with E-state index in [2.05, 4.69) is 10.3 Å². The molecule has 0 saturated carbocycles. The van der Waals surface area contributed by atoms with Crippen molar-refractivity contribution in [2.75, 3.05) is 5.32 Å². The minimum absolute atomic E-state index is 0.0484. The number of nitrogens with zero attached hydrogens (tertiary/aromatic N) is 2. The summed E-state index contributed by atoms with van der Waals surface area (Å²) in [7, 11) is 0. The number of nitro benzene ring substituents is 1. The van der Waals surface area contributed by atoms with Crippen LogP contribution in [0.4, 0.5) is 22.7 Å². The average Bonchev–Trinajstić information content (AvgIpc) is 3.23. The molecule has 3 aromatic carbocycles. The van der Waals surface area contributed by atoms with E-state index in [1.54, 1.807) is 18.3 Å². The highest BCUT2D eigenvalue weighted by Gasteiger charge is 2.08. The Morgan fingerprint density at radius 2 is 1.52 bits per heavy atom. The molecule has 29 heavy (non-hydrogen) atoms. The van der Waals surface area contributed by atoms with E-state index in [-0.39, 0.29) is 5.69 Å². The first-order valence-corrected chi connectivity index (χ1v) is 8.98. The topological polar surface area (TPSA) is 80.7 Å². The van der Waals surface area contributed by atoms with Crippen LogP contribution in [0, 0.1) is 10.1 Å². The van der Waals surface area contributed by atoms with E-state index >= 15 is 0 Å². The van der Waals surface area contributed by atoms with Crippen LogP contribution in [0.5, 0.6) is 0 Å². The molecule has 142 valence electrons. The number of nitro groups is 1. The number of benzene rings is 3. The number of rotatable bonds is 6. The normalized spacial score (nSPS) is 10.9. The van der Waals surface area contributed by atoms with Crippen molar-refractivity contribution in [1.29, 1.82) is 0 Å². The highest BCUT2D eigenvalue weighted by Crippen LogP contribution is 2.25. The first-order chi connectivity index (χ1) is 14.2. The average molecular weight is 383 g/mol. The van der Waals surface area contributed by atoms with Crippen LogP contribution in [-0.4, -0.2) is 11.1 Å². The van der Waals surface area contributed by atoms with Crippen LogP contribution in [0.3, 0.4) is 0 Å². The Morgan fingerprint density at radius 1 is 0.828 bits per heavy atom. The Morgan fingerprint density at radius 3 is 2.21 bits per heavy atom. The lowest BCUT2D eigenvalue weighted by atomic mass is 10.1. The van der Waals surface area contributed by atoms with Crippen molar-refractivity contribution in [2.45, 2.75) is 0 Å². The summed E-state index contributed by atoms with van der Waals surface area (Å²) in [4.78, 5) is 14.8. The highest BCUT2D eigenvalue weighted by atomic mass is 16.6. The molecule has 1 aromatic heterocycles. The van der Waals surface area contributed by atoms with E-state index < -0.39 is 4.92 Å². The summed E-state index contributed by atoms with van der Waals surface area (Å²) >= 11 is 0. The number of aliphatic imine (C=N–C) groups is 1. The second kappa shape index (κ2) is 8.22. The lowest BCUT2D eigenvalue weighted by Crippen LogP contribution is -1.88. The zero-order chi connectivity index (χ0) is 20.1. The van der Waals surface area contributed by atoms with Crippen LogP contribution in [-0.2, 0) is 0 Å². The monoisotopic (exact) mass is 383 g/mol. The van der Waals surface area contributed by atoms with Gasteiger partial charge in [0.1, 0.15) is 11.5 Å². The Hall–Kier alpha value is -4.19. The van der Waals surface area contributed by atoms with Gasteiger partial charge in [-0.15, -0.1) is 0 Å². The number of hydrogen-bond donors (Lipinski definition) is 1. The Labute approximate surface area is 167 Å². The van der Waals surface area contributed by atoms with E-state index in [0.717, 1.165) is 22.6 Å². The van der Waals surface area contributed by atoms with Gasteiger partial charge in [-0.2, -0.15) is 0 Å². The molecule has 4 aromatic rings. The molecular formula is C23H17N3O3. The van der Waals surface area contributed by atoms with Crippen LogP contribution in [0.2, 0.25) is 0 Å². The minimum atomic E-state index is -0.426. The van der Waals surface area contributed by atoms with Crippen molar-refractivity contribution in [2.24, 2.45) is 4.99 Å². The molecule has 0 bridgehead atoms. The molecule has 0 spiro atoms. The summed E-state index contributed by atoms with van der Waals surface area (Å²) < 4.78 is 5.76. The molecular weight excluding hydrogens is 366 g/mol. The molecule has 0 fully saturated rings. The third-order valence-corrected chi connectivity index (χ3v) is 4.26. The molecule has 6 nitrogen and oxygen atoms in total. The molecule has 0 radical (unpaired) electrons. The smallest absolute Gasteiger partial charge is 0.269 e. The van der Waals surface area contributed by atoms with Crippen LogP contribution in [0.25, 0.3) is 11.3 Å². The molecule has 6 heteroatoms. The summed E-state index contributed by atoms with van der Waals surface area (Å²) in [6, 6.07) is 27.6. The fourth-order valence-electron chi connectivity index (χ4n) is 2.78. The molecule has 0 atom stereocenters. The molecule has 0 amide bonds. The quantitative estimate of drug-likeness (QED) is 0.239. The van der Waals surface area contributed by atoms with Crippen LogP contribution >= 0.6 is 0 Å². The van der Waals surface area contributed by atoms with Crippen molar-refractivity contribution in [3.8, 4) is 11.3 Å². The van der Waals surface area contributed by atoms with Crippen molar-refractivity contribution in [1.82, 2.24) is 0 Å². The van der Waals surface area contributed by atoms with Gasteiger partial charge in [-0.25, -0.2) is 0 Å². The molecule has 1 heterocycles. The Bertz CT molecular complexity index is 1130. The van der Waals surface area contributed by atoms with Gasteiger partial charge in [-0.3, -0.25) is 15.1 Å². The lowest BCUT2D eigenvalue weighted by molar-refractivity contribution is -0.384. The third-order valence-electron chi connectivity index (χ3n) is 4.26. The molecule has 0 aliphatic carbocycles. The van der Waals surface area contributed by atoms with Crippen molar-refractivity contribution >= 4 is 29.0 Å². The van der Waals surface area contributed by atoms with E-state index in [1.165, 1.54) is 12.1 Å². The fraction of sp³-hybridized carbons (Fsp3) is 0. The lowest BCUT2D eigenvalue weighted by Gasteiger charge is -2.05. The maximum atomic E-state index is 10.7. The van der Waals surface area contributed by atoms with Crippen molar-refractivity contribution in [3.63, 3.8) is 0 Å². The van der Waals surface area contributed by atoms with E-state index in [9.17, 15) is 10.1 Å². The molecule has 0 unspecified atom stereocenters. The van der Waals surface area contributed by atoms with Crippen LogP contribution < -0.4 is 5.32 Å². The van der Waals surface area contributed by atoms with E-state index in [1.807, 2.05) is 66.7 Å².